The fraction of sp³-hybridized carbons (Fsp3) is 0.500. The normalized spacial score (nSPS) is 19.0. The number of aryl methyl sites for hydroxylation is 1. The molecule has 2 heterocycles. The summed E-state index contributed by atoms with van der Waals surface area (Å²) in [6.45, 7) is 12.7. The lowest BCUT2D eigenvalue weighted by Crippen LogP contribution is -2.41. The molecule has 0 aliphatic carbocycles. The molecule has 1 aromatic carbocycles. The Hall–Kier alpha value is -1.66. The summed E-state index contributed by atoms with van der Waals surface area (Å²) in [5.41, 5.74) is 3.13. The van der Waals surface area contributed by atoms with Crippen molar-refractivity contribution < 1.29 is 13.7 Å². The number of benzene rings is 1. The van der Waals surface area contributed by atoms with Gasteiger partial charge in [-0.1, -0.05) is 12.1 Å². The van der Waals surface area contributed by atoms with Crippen molar-refractivity contribution in [3.63, 3.8) is 0 Å². The molecule has 2 aromatic rings. The smallest absolute Gasteiger partial charge is 0.399 e. The van der Waals surface area contributed by atoms with Crippen LogP contribution >= 0.6 is 0 Å². The van der Waals surface area contributed by atoms with Crippen LogP contribution in [-0.2, 0) is 15.9 Å². The van der Waals surface area contributed by atoms with Crippen molar-refractivity contribution >= 4 is 12.6 Å². The minimum Gasteiger partial charge on any atom is -0.399 e. The van der Waals surface area contributed by atoms with Crippen molar-refractivity contribution in [2.24, 2.45) is 0 Å². The van der Waals surface area contributed by atoms with Crippen molar-refractivity contribution in [1.29, 1.82) is 0 Å². The summed E-state index contributed by atoms with van der Waals surface area (Å²) in [5.74, 6) is -0.231. The van der Waals surface area contributed by atoms with Gasteiger partial charge in [-0.05, 0) is 59.2 Å². The summed E-state index contributed by atoms with van der Waals surface area (Å²) < 4.78 is 27.3. The molecule has 1 aliphatic heterocycles. The van der Waals surface area contributed by atoms with Crippen molar-refractivity contribution in [1.82, 2.24) is 9.78 Å². The maximum absolute atomic E-state index is 13.1. The van der Waals surface area contributed by atoms with E-state index in [4.69, 9.17) is 9.31 Å². The van der Waals surface area contributed by atoms with Crippen molar-refractivity contribution in [2.75, 3.05) is 0 Å². The first kappa shape index (κ1) is 17.2. The number of hydrogen-bond donors (Lipinski definition) is 0. The highest BCUT2D eigenvalue weighted by atomic mass is 19.1. The first-order chi connectivity index (χ1) is 11.1. The predicted octanol–water partition coefficient (Wildman–Crippen LogP) is 2.99. The van der Waals surface area contributed by atoms with E-state index in [1.54, 1.807) is 12.1 Å². The van der Waals surface area contributed by atoms with E-state index in [0.29, 0.717) is 6.54 Å². The number of hydrogen-bond acceptors (Lipinski definition) is 3. The fourth-order valence-corrected chi connectivity index (χ4v) is 2.93. The molecule has 1 aliphatic rings. The molecule has 0 bridgehead atoms. The predicted molar refractivity (Wildman–Crippen MR) is 92.9 cm³/mol. The summed E-state index contributed by atoms with van der Waals surface area (Å²) in [4.78, 5) is 0. The summed E-state index contributed by atoms with van der Waals surface area (Å²) >= 11 is 0. The standard InChI is InChI=1S/C18H24BFN2O2/c1-12-16(19-23-17(3,4)18(5,6)24-19)13(2)22(21-12)11-14-7-9-15(20)10-8-14/h7-10H,11H2,1-6H3. The van der Waals surface area contributed by atoms with Crippen molar-refractivity contribution in [3.05, 3.63) is 47.0 Å². The molecule has 24 heavy (non-hydrogen) atoms. The minimum absolute atomic E-state index is 0.231. The van der Waals surface area contributed by atoms with Crippen molar-refractivity contribution in [3.8, 4) is 0 Å². The molecule has 0 N–H and O–H groups in total. The molecule has 128 valence electrons. The van der Waals surface area contributed by atoms with Gasteiger partial charge in [0.05, 0.1) is 23.4 Å². The van der Waals surface area contributed by atoms with Crippen LogP contribution in [0.5, 0.6) is 0 Å². The quantitative estimate of drug-likeness (QED) is 0.812. The summed E-state index contributed by atoms with van der Waals surface area (Å²) in [7, 11) is -0.419. The zero-order chi connectivity index (χ0) is 17.7. The molecule has 1 aromatic heterocycles. The van der Waals surface area contributed by atoms with Gasteiger partial charge < -0.3 is 9.31 Å². The van der Waals surface area contributed by atoms with Gasteiger partial charge in [0.25, 0.3) is 0 Å². The lowest BCUT2D eigenvalue weighted by Gasteiger charge is -2.32. The largest absolute Gasteiger partial charge is 0.498 e. The molecule has 3 rings (SSSR count). The monoisotopic (exact) mass is 330 g/mol. The van der Waals surface area contributed by atoms with Gasteiger partial charge in [0.15, 0.2) is 0 Å². The van der Waals surface area contributed by atoms with Crippen LogP contribution in [0.4, 0.5) is 4.39 Å². The van der Waals surface area contributed by atoms with E-state index in [9.17, 15) is 4.39 Å². The fourth-order valence-electron chi connectivity index (χ4n) is 2.93. The Balaban J connectivity index is 1.89. The Kier molecular flexibility index (Phi) is 4.08. The molecule has 0 spiro atoms. The molecule has 1 fully saturated rings. The van der Waals surface area contributed by atoms with Crippen LogP contribution in [0.25, 0.3) is 0 Å². The first-order valence-electron chi connectivity index (χ1n) is 8.25. The molecule has 1 saturated heterocycles. The van der Waals surface area contributed by atoms with E-state index in [1.165, 1.54) is 12.1 Å². The Morgan fingerprint density at radius 2 is 1.58 bits per heavy atom. The van der Waals surface area contributed by atoms with Crippen LogP contribution in [0.15, 0.2) is 24.3 Å². The molecular formula is C18H24BFN2O2. The van der Waals surface area contributed by atoms with Crippen LogP contribution in [0, 0.1) is 19.7 Å². The van der Waals surface area contributed by atoms with E-state index < -0.39 is 7.12 Å². The van der Waals surface area contributed by atoms with Gasteiger partial charge >= 0.3 is 7.12 Å². The zero-order valence-electron chi connectivity index (χ0n) is 15.2. The van der Waals surface area contributed by atoms with E-state index >= 15 is 0 Å². The average molecular weight is 330 g/mol. The topological polar surface area (TPSA) is 36.3 Å². The highest BCUT2D eigenvalue weighted by Gasteiger charge is 2.53. The Labute approximate surface area is 143 Å². The van der Waals surface area contributed by atoms with Crippen LogP contribution in [0.1, 0.15) is 44.6 Å². The molecule has 0 atom stereocenters. The summed E-state index contributed by atoms with van der Waals surface area (Å²) in [6.07, 6.45) is 0. The second-order valence-corrected chi connectivity index (χ2v) is 7.46. The van der Waals surface area contributed by atoms with Gasteiger partial charge in [0.2, 0.25) is 0 Å². The van der Waals surface area contributed by atoms with Crippen LogP contribution in [0.3, 0.4) is 0 Å². The summed E-state index contributed by atoms with van der Waals surface area (Å²) in [5, 5.41) is 4.63. The minimum atomic E-state index is -0.419. The molecular weight excluding hydrogens is 306 g/mol. The molecule has 0 amide bonds. The number of halogens is 1. The van der Waals surface area contributed by atoms with E-state index in [0.717, 1.165) is 22.4 Å². The van der Waals surface area contributed by atoms with Crippen molar-refractivity contribution in [2.45, 2.75) is 59.3 Å². The Bertz CT molecular complexity index is 737. The highest BCUT2D eigenvalue weighted by molar-refractivity contribution is 6.63. The van der Waals surface area contributed by atoms with Crippen LogP contribution in [0.2, 0.25) is 0 Å². The SMILES string of the molecule is Cc1nn(Cc2ccc(F)cc2)c(C)c1B1OC(C)(C)C(C)(C)O1. The van der Waals surface area contributed by atoms with E-state index in [-0.39, 0.29) is 17.0 Å². The van der Waals surface area contributed by atoms with Gasteiger partial charge in [-0.2, -0.15) is 5.10 Å². The highest BCUT2D eigenvalue weighted by Crippen LogP contribution is 2.36. The Morgan fingerprint density at radius 1 is 1.04 bits per heavy atom. The average Bonchev–Trinajstić information content (AvgIpc) is 2.85. The molecule has 0 saturated carbocycles. The maximum Gasteiger partial charge on any atom is 0.498 e. The Morgan fingerprint density at radius 3 is 2.12 bits per heavy atom. The molecule has 0 unspecified atom stereocenters. The second kappa shape index (κ2) is 5.71. The van der Waals surface area contributed by atoms with Gasteiger partial charge in [-0.3, -0.25) is 4.68 Å². The molecule has 4 nitrogen and oxygen atoms in total. The lowest BCUT2D eigenvalue weighted by atomic mass is 9.77. The van der Waals surface area contributed by atoms with Gasteiger partial charge in [0.1, 0.15) is 5.82 Å². The van der Waals surface area contributed by atoms with Gasteiger partial charge in [-0.15, -0.1) is 0 Å². The third-order valence-electron chi connectivity index (χ3n) is 5.17. The number of rotatable bonds is 3. The van der Waals surface area contributed by atoms with Crippen LogP contribution < -0.4 is 5.46 Å². The van der Waals surface area contributed by atoms with E-state index in [2.05, 4.69) is 5.10 Å². The molecule has 6 heteroatoms. The number of aromatic nitrogens is 2. The lowest BCUT2D eigenvalue weighted by molar-refractivity contribution is 0.00578. The third kappa shape index (κ3) is 2.89. The first-order valence-corrected chi connectivity index (χ1v) is 8.25. The van der Waals surface area contributed by atoms with Gasteiger partial charge in [0, 0.05) is 11.2 Å². The third-order valence-corrected chi connectivity index (χ3v) is 5.17. The molecule has 0 radical (unpaired) electrons. The summed E-state index contributed by atoms with van der Waals surface area (Å²) in [6, 6.07) is 6.49. The van der Waals surface area contributed by atoms with Gasteiger partial charge in [-0.25, -0.2) is 4.39 Å². The second-order valence-electron chi connectivity index (χ2n) is 7.46. The maximum atomic E-state index is 13.1. The van der Waals surface area contributed by atoms with E-state index in [1.807, 2.05) is 46.2 Å². The number of nitrogens with zero attached hydrogens (tertiary/aromatic N) is 2. The van der Waals surface area contributed by atoms with Crippen LogP contribution in [-0.4, -0.2) is 28.1 Å². The zero-order valence-corrected chi connectivity index (χ0v) is 15.2.